The molecule has 1 N–H and O–H groups in total. The lowest BCUT2D eigenvalue weighted by atomic mass is 10.1. The van der Waals surface area contributed by atoms with Gasteiger partial charge in [-0.15, -0.1) is 0 Å². The van der Waals surface area contributed by atoms with Gasteiger partial charge in [-0.05, 0) is 56.4 Å². The van der Waals surface area contributed by atoms with Crippen LogP contribution in [0.5, 0.6) is 0 Å². The molecule has 2 heterocycles. The molecule has 8 heteroatoms. The highest BCUT2D eigenvalue weighted by Gasteiger charge is 2.33. The third-order valence-corrected chi connectivity index (χ3v) is 8.21. The van der Waals surface area contributed by atoms with Crippen molar-refractivity contribution in [2.24, 2.45) is 0 Å². The number of carbonyl (C=O) groups is 1. The number of carbonyl (C=O) groups excluding carboxylic acids is 1. The average Bonchev–Trinajstić information content (AvgIpc) is 3.15. The topological polar surface area (TPSA) is 71.4 Å². The zero-order chi connectivity index (χ0) is 20.6. The minimum absolute atomic E-state index is 0.107. The Labute approximate surface area is 173 Å². The molecular weight excluding hydrogens is 390 g/mol. The molecule has 7 nitrogen and oxygen atoms in total. The van der Waals surface area contributed by atoms with Crippen LogP contribution in [0.15, 0.2) is 23.1 Å². The fourth-order valence-corrected chi connectivity index (χ4v) is 6.37. The maximum atomic E-state index is 13.1. The summed E-state index contributed by atoms with van der Waals surface area (Å²) in [5.41, 5.74) is 2.44. The molecule has 2 atom stereocenters. The van der Waals surface area contributed by atoms with Gasteiger partial charge < -0.3 is 14.5 Å². The van der Waals surface area contributed by atoms with Crippen LogP contribution in [-0.2, 0) is 32.4 Å². The second-order valence-corrected chi connectivity index (χ2v) is 10.6. The molecule has 1 aromatic rings. The second kappa shape index (κ2) is 8.34. The van der Waals surface area contributed by atoms with Crippen molar-refractivity contribution in [2.75, 3.05) is 45.8 Å². The molecule has 0 unspecified atom stereocenters. The Bertz CT molecular complexity index is 855. The van der Waals surface area contributed by atoms with Crippen LogP contribution in [0.25, 0.3) is 0 Å². The Morgan fingerprint density at radius 3 is 2.41 bits per heavy atom. The first kappa shape index (κ1) is 20.8. The van der Waals surface area contributed by atoms with Gasteiger partial charge in [-0.2, -0.15) is 4.31 Å². The number of sulfonamides is 1. The summed E-state index contributed by atoms with van der Waals surface area (Å²) >= 11 is 0. The Hall–Kier alpha value is -1.48. The van der Waals surface area contributed by atoms with E-state index in [2.05, 4.69) is 0 Å². The maximum absolute atomic E-state index is 13.1. The van der Waals surface area contributed by atoms with Crippen molar-refractivity contribution in [1.29, 1.82) is 0 Å². The minimum Gasteiger partial charge on any atom is -0.364 e. The first-order valence-corrected chi connectivity index (χ1v) is 12.2. The lowest BCUT2D eigenvalue weighted by molar-refractivity contribution is -0.907. The molecule has 29 heavy (non-hydrogen) atoms. The van der Waals surface area contributed by atoms with Gasteiger partial charge in [0, 0.05) is 26.2 Å². The summed E-state index contributed by atoms with van der Waals surface area (Å²) in [4.78, 5) is 16.2. The van der Waals surface area contributed by atoms with Crippen LogP contribution in [0.3, 0.4) is 0 Å². The highest BCUT2D eigenvalue weighted by Crippen LogP contribution is 2.26. The van der Waals surface area contributed by atoms with E-state index >= 15 is 0 Å². The van der Waals surface area contributed by atoms with Crippen molar-refractivity contribution in [2.45, 2.75) is 50.2 Å². The number of hydrogen-bond acceptors (Lipinski definition) is 4. The predicted octanol–water partition coefficient (Wildman–Crippen LogP) is -0.300. The minimum atomic E-state index is -3.50. The van der Waals surface area contributed by atoms with Gasteiger partial charge in [0.15, 0.2) is 6.54 Å². The van der Waals surface area contributed by atoms with Crippen LogP contribution in [0.4, 0.5) is 0 Å². The third kappa shape index (κ3) is 4.50. The number of rotatable bonds is 4. The molecule has 0 bridgehead atoms. The molecule has 0 radical (unpaired) electrons. The van der Waals surface area contributed by atoms with E-state index in [0.717, 1.165) is 37.9 Å². The molecule has 0 spiro atoms. The van der Waals surface area contributed by atoms with Crippen LogP contribution in [-0.4, -0.2) is 81.6 Å². The van der Waals surface area contributed by atoms with Gasteiger partial charge in [0.25, 0.3) is 5.91 Å². The van der Waals surface area contributed by atoms with Crippen LogP contribution in [0.2, 0.25) is 0 Å². The van der Waals surface area contributed by atoms with E-state index in [4.69, 9.17) is 4.74 Å². The van der Waals surface area contributed by atoms with E-state index in [9.17, 15) is 13.2 Å². The fraction of sp³-hybridized carbons (Fsp3) is 0.667. The van der Waals surface area contributed by atoms with Gasteiger partial charge in [0.05, 0.1) is 4.90 Å². The number of morpholine rings is 1. The van der Waals surface area contributed by atoms with Crippen molar-refractivity contribution in [3.05, 3.63) is 29.3 Å². The summed E-state index contributed by atoms with van der Waals surface area (Å²) in [7, 11) is -3.50. The predicted molar refractivity (Wildman–Crippen MR) is 109 cm³/mol. The molecule has 3 aliphatic rings. The largest absolute Gasteiger partial charge is 0.364 e. The number of nitrogens with zero attached hydrogens (tertiary/aromatic N) is 2. The van der Waals surface area contributed by atoms with Crippen molar-refractivity contribution in [1.82, 2.24) is 9.21 Å². The summed E-state index contributed by atoms with van der Waals surface area (Å²) in [6.07, 6.45) is 3.43. The summed E-state index contributed by atoms with van der Waals surface area (Å²) < 4.78 is 33.4. The molecule has 0 aromatic heterocycles. The van der Waals surface area contributed by atoms with Gasteiger partial charge in [0.1, 0.15) is 25.3 Å². The molecular formula is C21H32N3O4S+. The van der Waals surface area contributed by atoms with Crippen molar-refractivity contribution in [3.8, 4) is 0 Å². The van der Waals surface area contributed by atoms with Crippen LogP contribution >= 0.6 is 0 Å². The van der Waals surface area contributed by atoms with Crippen LogP contribution in [0, 0.1) is 0 Å². The van der Waals surface area contributed by atoms with Gasteiger partial charge in [-0.1, -0.05) is 6.07 Å². The number of ether oxygens (including phenoxy) is 1. The number of benzene rings is 1. The molecule has 2 saturated heterocycles. The van der Waals surface area contributed by atoms with E-state index in [1.807, 2.05) is 30.9 Å². The second-order valence-electron chi connectivity index (χ2n) is 8.66. The molecule has 1 aliphatic carbocycles. The number of nitrogens with one attached hydrogen (secondary N) is 1. The lowest BCUT2D eigenvalue weighted by Crippen LogP contribution is -3.16. The molecule has 1 aromatic carbocycles. The van der Waals surface area contributed by atoms with Crippen molar-refractivity contribution in [3.63, 3.8) is 0 Å². The SMILES string of the molecule is C[C@H]1C[NH+](CC(=O)N2CCN(S(=O)(=O)c3ccc4c(c3)CCC4)CC2)C[C@H](C)O1. The lowest BCUT2D eigenvalue weighted by Gasteiger charge is -2.36. The summed E-state index contributed by atoms with van der Waals surface area (Å²) in [6.45, 7) is 7.84. The standard InChI is InChI=1S/C21H31N3O4S/c1-16-13-22(14-17(2)28-16)15-21(25)23-8-10-24(11-9-23)29(26,27)20-7-6-18-4-3-5-19(18)12-20/h6-7,12,16-17H,3-5,8-11,13-15H2,1-2H3/p+1/t16-,17-/m0/s1. The molecule has 160 valence electrons. The number of fused-ring (bicyclic) bond motifs is 1. The van der Waals surface area contributed by atoms with Gasteiger partial charge in [-0.25, -0.2) is 8.42 Å². The average molecular weight is 423 g/mol. The van der Waals surface area contributed by atoms with Gasteiger partial charge in [-0.3, -0.25) is 4.79 Å². The first-order valence-electron chi connectivity index (χ1n) is 10.7. The summed E-state index contributed by atoms with van der Waals surface area (Å²) in [5, 5.41) is 0. The van der Waals surface area contributed by atoms with Crippen LogP contribution in [0.1, 0.15) is 31.4 Å². The highest BCUT2D eigenvalue weighted by atomic mass is 32.2. The quantitative estimate of drug-likeness (QED) is 0.723. The zero-order valence-electron chi connectivity index (χ0n) is 17.4. The number of aryl methyl sites for hydroxylation is 2. The smallest absolute Gasteiger partial charge is 0.277 e. The normalized spacial score (nSPS) is 28.3. The number of piperazine rings is 1. The number of quaternary nitrogens is 1. The van der Waals surface area contributed by atoms with Crippen molar-refractivity contribution < 1.29 is 22.8 Å². The van der Waals surface area contributed by atoms with E-state index < -0.39 is 10.0 Å². The van der Waals surface area contributed by atoms with Gasteiger partial charge >= 0.3 is 0 Å². The Balaban J connectivity index is 1.34. The molecule has 2 aliphatic heterocycles. The third-order valence-electron chi connectivity index (χ3n) is 6.32. The molecule has 1 amide bonds. The number of amides is 1. The van der Waals surface area contributed by atoms with Gasteiger partial charge in [0.2, 0.25) is 10.0 Å². The zero-order valence-corrected chi connectivity index (χ0v) is 18.2. The van der Waals surface area contributed by atoms with E-state index in [1.54, 1.807) is 6.07 Å². The Morgan fingerprint density at radius 2 is 1.72 bits per heavy atom. The molecule has 0 saturated carbocycles. The highest BCUT2D eigenvalue weighted by molar-refractivity contribution is 7.89. The molecule has 4 rings (SSSR count). The van der Waals surface area contributed by atoms with Crippen molar-refractivity contribution >= 4 is 15.9 Å². The monoisotopic (exact) mass is 422 g/mol. The van der Waals surface area contributed by atoms with E-state index in [1.165, 1.54) is 14.8 Å². The maximum Gasteiger partial charge on any atom is 0.277 e. The van der Waals surface area contributed by atoms with E-state index in [0.29, 0.717) is 37.6 Å². The van der Waals surface area contributed by atoms with Crippen LogP contribution < -0.4 is 4.90 Å². The summed E-state index contributed by atoms with van der Waals surface area (Å²) in [6, 6.07) is 5.54. The Morgan fingerprint density at radius 1 is 1.07 bits per heavy atom. The summed E-state index contributed by atoms with van der Waals surface area (Å²) in [5.74, 6) is 0.107. The first-order chi connectivity index (χ1) is 13.8. The number of hydrogen-bond donors (Lipinski definition) is 1. The fourth-order valence-electron chi connectivity index (χ4n) is 4.89. The Kier molecular flexibility index (Phi) is 5.97. The molecule has 2 fully saturated rings. The van der Waals surface area contributed by atoms with E-state index in [-0.39, 0.29) is 18.1 Å².